The number of H-pyrrole nitrogens is 1. The molecule has 162 valence electrons. The van der Waals surface area contributed by atoms with Gasteiger partial charge in [0.15, 0.2) is 0 Å². The SMILES string of the molecule is C[C@@H]1CCN(S(=O)(=O)CCc2ccc(Cl)cc2)C[C@@H]1n1ccc2cnc3[nH]ccc3c21. The lowest BCUT2D eigenvalue weighted by Crippen LogP contribution is -2.44. The van der Waals surface area contributed by atoms with Crippen LogP contribution in [0.5, 0.6) is 0 Å². The summed E-state index contributed by atoms with van der Waals surface area (Å²) in [7, 11) is -3.36. The van der Waals surface area contributed by atoms with E-state index in [-0.39, 0.29) is 11.8 Å². The van der Waals surface area contributed by atoms with E-state index in [0.29, 0.717) is 30.5 Å². The van der Waals surface area contributed by atoms with Gasteiger partial charge in [0.25, 0.3) is 0 Å². The maximum absolute atomic E-state index is 13.2. The van der Waals surface area contributed by atoms with Gasteiger partial charge in [-0.05, 0) is 48.6 Å². The molecule has 0 unspecified atom stereocenters. The molecule has 1 aliphatic heterocycles. The molecule has 3 aromatic heterocycles. The van der Waals surface area contributed by atoms with Gasteiger partial charge in [-0.15, -0.1) is 0 Å². The smallest absolute Gasteiger partial charge is 0.214 e. The number of halogens is 1. The Morgan fingerprint density at radius 1 is 1.19 bits per heavy atom. The number of fused-ring (bicyclic) bond motifs is 3. The van der Waals surface area contributed by atoms with Crippen molar-refractivity contribution in [3.63, 3.8) is 0 Å². The molecule has 4 aromatic rings. The Balaban J connectivity index is 1.40. The van der Waals surface area contributed by atoms with Crippen LogP contribution in [0.1, 0.15) is 24.9 Å². The lowest BCUT2D eigenvalue weighted by molar-refractivity contribution is 0.205. The van der Waals surface area contributed by atoms with Gasteiger partial charge in [-0.3, -0.25) is 0 Å². The van der Waals surface area contributed by atoms with E-state index in [1.807, 2.05) is 30.6 Å². The van der Waals surface area contributed by atoms with Gasteiger partial charge in [0.1, 0.15) is 5.65 Å². The molecule has 2 atom stereocenters. The fourth-order valence-electron chi connectivity index (χ4n) is 4.59. The van der Waals surface area contributed by atoms with Gasteiger partial charge in [0, 0.05) is 47.5 Å². The predicted octanol–water partition coefficient (Wildman–Crippen LogP) is 4.63. The number of nitrogens with zero attached hydrogens (tertiary/aromatic N) is 3. The molecule has 1 N–H and O–H groups in total. The third kappa shape index (κ3) is 3.86. The maximum atomic E-state index is 13.2. The molecule has 4 heterocycles. The largest absolute Gasteiger partial charge is 0.346 e. The number of benzene rings is 1. The minimum absolute atomic E-state index is 0.0806. The molecule has 0 spiro atoms. The number of aromatic amines is 1. The lowest BCUT2D eigenvalue weighted by atomic mass is 9.94. The Kier molecular flexibility index (Phi) is 5.28. The Morgan fingerprint density at radius 2 is 2.00 bits per heavy atom. The Labute approximate surface area is 186 Å². The zero-order valence-electron chi connectivity index (χ0n) is 17.3. The number of sulfonamides is 1. The monoisotopic (exact) mass is 456 g/mol. The van der Waals surface area contributed by atoms with Gasteiger partial charge < -0.3 is 9.55 Å². The summed E-state index contributed by atoms with van der Waals surface area (Å²) in [4.78, 5) is 7.65. The van der Waals surface area contributed by atoms with Crippen LogP contribution in [0.4, 0.5) is 0 Å². The lowest BCUT2D eigenvalue weighted by Gasteiger charge is -2.37. The summed E-state index contributed by atoms with van der Waals surface area (Å²) in [5.74, 6) is 0.481. The molecule has 1 aromatic carbocycles. The predicted molar refractivity (Wildman–Crippen MR) is 125 cm³/mol. The first-order valence-corrected chi connectivity index (χ1v) is 12.6. The summed E-state index contributed by atoms with van der Waals surface area (Å²) >= 11 is 5.94. The van der Waals surface area contributed by atoms with E-state index in [4.69, 9.17) is 11.6 Å². The summed E-state index contributed by atoms with van der Waals surface area (Å²) in [6.07, 6.45) is 7.17. The van der Waals surface area contributed by atoms with Crippen LogP contribution in [0, 0.1) is 5.92 Å². The average molecular weight is 457 g/mol. The number of rotatable bonds is 5. The molecule has 0 saturated carbocycles. The molecule has 6 nitrogen and oxygen atoms in total. The number of pyridine rings is 1. The van der Waals surface area contributed by atoms with Gasteiger partial charge in [-0.2, -0.15) is 4.31 Å². The van der Waals surface area contributed by atoms with Crippen LogP contribution in [-0.2, 0) is 16.4 Å². The zero-order chi connectivity index (χ0) is 21.6. The number of aryl methyl sites for hydroxylation is 1. The van der Waals surface area contributed by atoms with E-state index in [2.05, 4.69) is 33.7 Å². The minimum atomic E-state index is -3.36. The van der Waals surface area contributed by atoms with Gasteiger partial charge >= 0.3 is 0 Å². The molecule has 8 heteroatoms. The topological polar surface area (TPSA) is 71.0 Å². The minimum Gasteiger partial charge on any atom is -0.346 e. The summed E-state index contributed by atoms with van der Waals surface area (Å²) in [6.45, 7) is 3.27. The van der Waals surface area contributed by atoms with Crippen LogP contribution in [0.2, 0.25) is 5.02 Å². The highest BCUT2D eigenvalue weighted by Crippen LogP contribution is 2.34. The molecular weight excluding hydrogens is 432 g/mol. The molecule has 0 aliphatic carbocycles. The van der Waals surface area contributed by atoms with Gasteiger partial charge in [-0.1, -0.05) is 30.7 Å². The molecule has 31 heavy (non-hydrogen) atoms. The Hall–Kier alpha value is -2.35. The first kappa shape index (κ1) is 20.5. The number of piperidine rings is 1. The van der Waals surface area contributed by atoms with E-state index in [1.165, 1.54) is 0 Å². The second kappa shape index (κ2) is 7.97. The molecule has 1 saturated heterocycles. The normalized spacial score (nSPS) is 20.6. The summed E-state index contributed by atoms with van der Waals surface area (Å²) in [5, 5.41) is 2.80. The fourth-order valence-corrected chi connectivity index (χ4v) is 6.23. The van der Waals surface area contributed by atoms with E-state index >= 15 is 0 Å². The van der Waals surface area contributed by atoms with Crippen LogP contribution in [0.3, 0.4) is 0 Å². The number of nitrogens with one attached hydrogen (secondary N) is 1. The summed E-state index contributed by atoms with van der Waals surface area (Å²) in [6, 6.07) is 11.6. The summed E-state index contributed by atoms with van der Waals surface area (Å²) < 4.78 is 30.2. The number of hydrogen-bond acceptors (Lipinski definition) is 3. The van der Waals surface area contributed by atoms with E-state index < -0.39 is 10.0 Å². The third-order valence-electron chi connectivity index (χ3n) is 6.45. The Bertz CT molecular complexity index is 1330. The summed E-state index contributed by atoms with van der Waals surface area (Å²) in [5.41, 5.74) is 2.94. The Morgan fingerprint density at radius 3 is 2.81 bits per heavy atom. The second-order valence-corrected chi connectivity index (χ2v) is 10.9. The highest BCUT2D eigenvalue weighted by atomic mass is 35.5. The van der Waals surface area contributed by atoms with E-state index in [1.54, 1.807) is 16.4 Å². The molecule has 5 rings (SSSR count). The molecular formula is C23H25ClN4O2S. The first-order chi connectivity index (χ1) is 14.9. The highest BCUT2D eigenvalue weighted by molar-refractivity contribution is 7.89. The van der Waals surface area contributed by atoms with Crippen molar-refractivity contribution in [3.05, 3.63) is 65.6 Å². The molecule has 1 fully saturated rings. The van der Waals surface area contributed by atoms with Gasteiger partial charge in [0.05, 0.1) is 17.3 Å². The van der Waals surface area contributed by atoms with Crippen LogP contribution < -0.4 is 0 Å². The molecule has 1 aliphatic rings. The average Bonchev–Trinajstić information content (AvgIpc) is 3.40. The zero-order valence-corrected chi connectivity index (χ0v) is 18.9. The highest BCUT2D eigenvalue weighted by Gasteiger charge is 2.34. The fraction of sp³-hybridized carbons (Fsp3) is 0.348. The third-order valence-corrected chi connectivity index (χ3v) is 8.54. The molecule has 0 amide bonds. The van der Waals surface area contributed by atoms with Crippen LogP contribution in [-0.4, -0.2) is 46.1 Å². The van der Waals surface area contributed by atoms with E-state index in [9.17, 15) is 8.42 Å². The first-order valence-electron chi connectivity index (χ1n) is 10.6. The number of aromatic nitrogens is 3. The van der Waals surface area contributed by atoms with E-state index in [0.717, 1.165) is 33.9 Å². The second-order valence-electron chi connectivity index (χ2n) is 8.41. The van der Waals surface area contributed by atoms with Gasteiger partial charge in [0.2, 0.25) is 10.0 Å². The molecule has 0 radical (unpaired) electrons. The van der Waals surface area contributed by atoms with Crippen molar-refractivity contribution in [2.24, 2.45) is 5.92 Å². The van der Waals surface area contributed by atoms with Crippen molar-refractivity contribution in [1.29, 1.82) is 0 Å². The maximum Gasteiger partial charge on any atom is 0.214 e. The van der Waals surface area contributed by atoms with Gasteiger partial charge in [-0.25, -0.2) is 13.4 Å². The van der Waals surface area contributed by atoms with Crippen LogP contribution in [0.25, 0.3) is 21.9 Å². The van der Waals surface area contributed by atoms with Crippen molar-refractivity contribution < 1.29 is 8.42 Å². The van der Waals surface area contributed by atoms with Crippen LogP contribution in [0.15, 0.2) is 55.0 Å². The van der Waals surface area contributed by atoms with Crippen molar-refractivity contribution in [2.75, 3.05) is 18.8 Å². The van der Waals surface area contributed by atoms with Crippen molar-refractivity contribution >= 4 is 43.6 Å². The quantitative estimate of drug-likeness (QED) is 0.476. The van der Waals surface area contributed by atoms with Crippen LogP contribution >= 0.6 is 11.6 Å². The van der Waals surface area contributed by atoms with Crippen molar-refractivity contribution in [2.45, 2.75) is 25.8 Å². The standard InChI is InChI=1S/C23H25ClN4O2S/c1-16-7-11-27(31(29,30)13-9-17-2-4-19(24)5-3-17)15-21(16)28-12-8-18-14-26-23-20(22(18)28)6-10-25-23/h2-6,8,10,12,14,16,21H,7,9,11,13,15H2,1H3,(H,25,26)/t16-,21+/m1/s1. The molecule has 0 bridgehead atoms. The van der Waals surface area contributed by atoms with Crippen molar-refractivity contribution in [1.82, 2.24) is 18.8 Å². The number of hydrogen-bond donors (Lipinski definition) is 1. The van der Waals surface area contributed by atoms with Crippen molar-refractivity contribution in [3.8, 4) is 0 Å².